The van der Waals surface area contributed by atoms with Crippen molar-refractivity contribution in [2.24, 2.45) is 0 Å². The van der Waals surface area contributed by atoms with Crippen LogP contribution in [-0.2, 0) is 23.8 Å². The number of rotatable bonds is 7. The first-order valence-corrected chi connectivity index (χ1v) is 8.39. The highest BCUT2D eigenvalue weighted by atomic mass is 16.6. The Balaban J connectivity index is 4.81. The number of alkyl carbamates (subject to hydrolysis) is 1. The quantitative estimate of drug-likeness (QED) is 0.428. The van der Waals surface area contributed by atoms with Crippen LogP contribution in [0.1, 0.15) is 61.3 Å². The summed E-state index contributed by atoms with van der Waals surface area (Å²) in [4.78, 5) is 35.5. The molecule has 0 rings (SSSR count). The number of hydrogen-bond acceptors (Lipinski definition) is 6. The van der Waals surface area contributed by atoms with E-state index in [2.05, 4.69) is 5.32 Å². The average molecular weight is 357 g/mol. The van der Waals surface area contributed by atoms with Gasteiger partial charge in [0.05, 0.1) is 6.61 Å². The first-order chi connectivity index (χ1) is 11.3. The van der Waals surface area contributed by atoms with Gasteiger partial charge in [0.15, 0.2) is 0 Å². The maximum absolute atomic E-state index is 12.3. The van der Waals surface area contributed by atoms with Gasteiger partial charge in [-0.25, -0.2) is 14.4 Å². The van der Waals surface area contributed by atoms with Crippen LogP contribution < -0.4 is 5.32 Å². The highest BCUT2D eigenvalue weighted by Gasteiger charge is 2.28. The standard InChI is InChI=1S/C18H31NO6/c1-8-23-14(20)12-10-9-11-13(15(21)24-17(2,3)4)19-16(22)25-18(5,6)7/h10,12-13H,8-9,11H2,1-7H3,(H,19,22)/b12-10+/t13-/m1/s1. The Morgan fingerprint density at radius 1 is 1.00 bits per heavy atom. The van der Waals surface area contributed by atoms with Crippen LogP contribution in [0, 0.1) is 0 Å². The molecule has 1 amide bonds. The number of esters is 2. The van der Waals surface area contributed by atoms with Crippen molar-refractivity contribution in [3.8, 4) is 0 Å². The van der Waals surface area contributed by atoms with E-state index in [0.717, 1.165) is 0 Å². The molecule has 0 bridgehead atoms. The highest BCUT2D eigenvalue weighted by molar-refractivity contribution is 5.82. The summed E-state index contributed by atoms with van der Waals surface area (Å²) in [6.07, 6.45) is 2.84. The zero-order valence-electron chi connectivity index (χ0n) is 16.3. The van der Waals surface area contributed by atoms with Gasteiger partial charge in [-0.15, -0.1) is 0 Å². The second-order valence-corrected chi connectivity index (χ2v) is 7.46. The van der Waals surface area contributed by atoms with E-state index < -0.39 is 35.3 Å². The van der Waals surface area contributed by atoms with Gasteiger partial charge in [-0.2, -0.15) is 0 Å². The van der Waals surface area contributed by atoms with E-state index in [9.17, 15) is 14.4 Å². The molecular weight excluding hydrogens is 326 g/mol. The molecule has 7 nitrogen and oxygen atoms in total. The lowest BCUT2D eigenvalue weighted by atomic mass is 10.1. The second-order valence-electron chi connectivity index (χ2n) is 7.46. The van der Waals surface area contributed by atoms with E-state index in [1.54, 1.807) is 54.5 Å². The van der Waals surface area contributed by atoms with Gasteiger partial charge in [-0.3, -0.25) is 0 Å². The van der Waals surface area contributed by atoms with Gasteiger partial charge in [0.1, 0.15) is 17.2 Å². The zero-order chi connectivity index (χ0) is 19.7. The molecule has 1 atom stereocenters. The lowest BCUT2D eigenvalue weighted by molar-refractivity contribution is -0.157. The van der Waals surface area contributed by atoms with E-state index in [-0.39, 0.29) is 6.42 Å². The van der Waals surface area contributed by atoms with Crippen molar-refractivity contribution in [3.63, 3.8) is 0 Å². The van der Waals surface area contributed by atoms with Crippen LogP contribution in [0.25, 0.3) is 0 Å². The van der Waals surface area contributed by atoms with Crippen molar-refractivity contribution >= 4 is 18.0 Å². The van der Waals surface area contributed by atoms with Gasteiger partial charge in [0.2, 0.25) is 0 Å². The van der Waals surface area contributed by atoms with E-state index in [1.165, 1.54) is 6.08 Å². The normalized spacial score (nSPS) is 13.2. The van der Waals surface area contributed by atoms with E-state index in [0.29, 0.717) is 13.0 Å². The van der Waals surface area contributed by atoms with Gasteiger partial charge < -0.3 is 19.5 Å². The lowest BCUT2D eigenvalue weighted by Gasteiger charge is -2.26. The molecule has 0 fully saturated rings. The molecule has 0 aromatic heterocycles. The minimum Gasteiger partial charge on any atom is -0.463 e. The SMILES string of the molecule is CCOC(=O)/C=C/CC[C@@H](NC(=O)OC(C)(C)C)C(=O)OC(C)(C)C. The molecule has 0 aliphatic rings. The van der Waals surface area contributed by atoms with Gasteiger partial charge in [-0.1, -0.05) is 6.08 Å². The first-order valence-electron chi connectivity index (χ1n) is 8.39. The van der Waals surface area contributed by atoms with Crippen molar-refractivity contribution in [2.45, 2.75) is 78.6 Å². The van der Waals surface area contributed by atoms with Crippen molar-refractivity contribution in [3.05, 3.63) is 12.2 Å². The number of hydrogen-bond donors (Lipinski definition) is 1. The Labute approximate surface area is 150 Å². The Kier molecular flexibility index (Phi) is 9.23. The smallest absolute Gasteiger partial charge is 0.408 e. The molecule has 1 N–H and O–H groups in total. The van der Waals surface area contributed by atoms with Crippen molar-refractivity contribution < 1.29 is 28.6 Å². The summed E-state index contributed by atoms with van der Waals surface area (Å²) >= 11 is 0. The molecule has 0 heterocycles. The topological polar surface area (TPSA) is 90.9 Å². The molecule has 7 heteroatoms. The molecule has 0 aliphatic heterocycles. The summed E-state index contributed by atoms with van der Waals surface area (Å²) in [5.41, 5.74) is -1.35. The molecule has 144 valence electrons. The highest BCUT2D eigenvalue weighted by Crippen LogP contribution is 2.12. The molecule has 0 aromatic rings. The van der Waals surface area contributed by atoms with Crippen molar-refractivity contribution in [2.75, 3.05) is 6.61 Å². The predicted molar refractivity (Wildman–Crippen MR) is 94.0 cm³/mol. The van der Waals surface area contributed by atoms with Gasteiger partial charge in [-0.05, 0) is 61.3 Å². The molecular formula is C18H31NO6. The summed E-state index contributed by atoms with van der Waals surface area (Å²) in [6, 6.07) is -0.874. The second kappa shape index (κ2) is 10.1. The largest absolute Gasteiger partial charge is 0.463 e. The minimum absolute atomic E-state index is 0.268. The summed E-state index contributed by atoms with van der Waals surface area (Å²) in [5, 5.41) is 2.52. The number of allylic oxidation sites excluding steroid dienone is 1. The Bertz CT molecular complexity index is 485. The fourth-order valence-corrected chi connectivity index (χ4v) is 1.70. The maximum Gasteiger partial charge on any atom is 0.408 e. The summed E-state index contributed by atoms with van der Waals surface area (Å²) in [6.45, 7) is 12.5. The summed E-state index contributed by atoms with van der Waals surface area (Å²) < 4.78 is 15.3. The van der Waals surface area contributed by atoms with Crippen LogP contribution in [0.4, 0.5) is 4.79 Å². The molecule has 0 saturated carbocycles. The zero-order valence-corrected chi connectivity index (χ0v) is 16.3. The van der Waals surface area contributed by atoms with Crippen LogP contribution in [0.15, 0.2) is 12.2 Å². The average Bonchev–Trinajstić information content (AvgIpc) is 2.38. The van der Waals surface area contributed by atoms with Gasteiger partial charge >= 0.3 is 18.0 Å². The number of ether oxygens (including phenoxy) is 3. The van der Waals surface area contributed by atoms with Crippen LogP contribution in [0.3, 0.4) is 0 Å². The third-order valence-electron chi connectivity index (χ3n) is 2.54. The number of carbonyl (C=O) groups is 3. The fraction of sp³-hybridized carbons (Fsp3) is 0.722. The predicted octanol–water partition coefficient (Wildman–Crippen LogP) is 3.12. The molecule has 0 aromatic carbocycles. The molecule has 0 unspecified atom stereocenters. The first kappa shape index (κ1) is 22.9. The third kappa shape index (κ3) is 13.0. The summed E-state index contributed by atoms with van der Waals surface area (Å²) in [5.74, 6) is -1.00. The van der Waals surface area contributed by atoms with E-state index in [4.69, 9.17) is 14.2 Å². The minimum atomic E-state index is -0.874. The number of nitrogens with one attached hydrogen (secondary N) is 1. The van der Waals surface area contributed by atoms with Gasteiger partial charge in [0.25, 0.3) is 0 Å². The van der Waals surface area contributed by atoms with Crippen LogP contribution in [0.5, 0.6) is 0 Å². The number of carbonyl (C=O) groups excluding carboxylic acids is 3. The molecule has 0 radical (unpaired) electrons. The lowest BCUT2D eigenvalue weighted by Crippen LogP contribution is -2.45. The van der Waals surface area contributed by atoms with E-state index in [1.807, 2.05) is 0 Å². The maximum atomic E-state index is 12.3. The van der Waals surface area contributed by atoms with Gasteiger partial charge in [0, 0.05) is 6.08 Å². The molecule has 25 heavy (non-hydrogen) atoms. The Morgan fingerprint density at radius 3 is 2.04 bits per heavy atom. The van der Waals surface area contributed by atoms with Crippen LogP contribution >= 0.6 is 0 Å². The fourth-order valence-electron chi connectivity index (χ4n) is 1.70. The molecule has 0 aliphatic carbocycles. The third-order valence-corrected chi connectivity index (χ3v) is 2.54. The summed E-state index contributed by atoms with van der Waals surface area (Å²) in [7, 11) is 0. The van der Waals surface area contributed by atoms with Crippen LogP contribution in [-0.4, -0.2) is 41.9 Å². The Hall–Kier alpha value is -2.05. The Morgan fingerprint density at radius 2 is 1.56 bits per heavy atom. The van der Waals surface area contributed by atoms with Crippen molar-refractivity contribution in [1.29, 1.82) is 0 Å². The van der Waals surface area contributed by atoms with E-state index >= 15 is 0 Å². The van der Waals surface area contributed by atoms with Crippen LogP contribution in [0.2, 0.25) is 0 Å². The molecule has 0 spiro atoms. The van der Waals surface area contributed by atoms with Crippen molar-refractivity contribution in [1.82, 2.24) is 5.32 Å². The molecule has 0 saturated heterocycles. The number of amides is 1. The monoisotopic (exact) mass is 357 g/mol.